The maximum Gasteiger partial charge on any atom is 0.128 e. The molecule has 3 heterocycles. The lowest BCUT2D eigenvalue weighted by Gasteiger charge is -2.36. The number of rotatable bonds is 4. The van der Waals surface area contributed by atoms with Gasteiger partial charge >= 0.3 is 0 Å². The molecule has 0 radical (unpaired) electrons. The van der Waals surface area contributed by atoms with Gasteiger partial charge in [-0.25, -0.2) is 4.98 Å². The molecule has 0 bridgehead atoms. The fourth-order valence-electron chi connectivity index (χ4n) is 3.58. The SMILES string of the molecule is O[C@@H](CN1CCN(c2ccccn2)CC1)c1ccc2c(c1)CCN2. The van der Waals surface area contributed by atoms with Crippen molar-refractivity contribution in [3.8, 4) is 0 Å². The van der Waals surface area contributed by atoms with E-state index < -0.39 is 6.10 Å². The van der Waals surface area contributed by atoms with Gasteiger partial charge in [-0.3, -0.25) is 4.90 Å². The van der Waals surface area contributed by atoms with Gasteiger partial charge in [0.25, 0.3) is 0 Å². The second kappa shape index (κ2) is 6.79. The average molecular weight is 324 g/mol. The molecule has 1 aromatic heterocycles. The summed E-state index contributed by atoms with van der Waals surface area (Å²) < 4.78 is 0. The maximum absolute atomic E-state index is 10.6. The number of pyridine rings is 1. The number of β-amino-alcohol motifs (C(OH)–C–C–N with tert-alkyl or cyclic N) is 1. The Morgan fingerprint density at radius 2 is 2.00 bits per heavy atom. The second-order valence-electron chi connectivity index (χ2n) is 6.58. The molecule has 1 saturated heterocycles. The Kier molecular flexibility index (Phi) is 4.36. The van der Waals surface area contributed by atoms with Gasteiger partial charge in [0.05, 0.1) is 6.10 Å². The molecule has 5 heteroatoms. The van der Waals surface area contributed by atoms with Crippen LogP contribution in [-0.4, -0.2) is 54.3 Å². The molecule has 2 aliphatic rings. The van der Waals surface area contributed by atoms with E-state index in [9.17, 15) is 5.11 Å². The van der Waals surface area contributed by atoms with Crippen molar-refractivity contribution in [3.63, 3.8) is 0 Å². The Morgan fingerprint density at radius 3 is 2.79 bits per heavy atom. The molecule has 0 amide bonds. The Morgan fingerprint density at radius 1 is 1.12 bits per heavy atom. The van der Waals surface area contributed by atoms with Crippen LogP contribution in [0.5, 0.6) is 0 Å². The quantitative estimate of drug-likeness (QED) is 0.900. The highest BCUT2D eigenvalue weighted by molar-refractivity contribution is 5.56. The van der Waals surface area contributed by atoms with E-state index in [2.05, 4.69) is 38.3 Å². The van der Waals surface area contributed by atoms with E-state index >= 15 is 0 Å². The minimum absolute atomic E-state index is 0.419. The van der Waals surface area contributed by atoms with Gasteiger partial charge in [0, 0.05) is 51.2 Å². The monoisotopic (exact) mass is 324 g/mol. The smallest absolute Gasteiger partial charge is 0.128 e. The van der Waals surface area contributed by atoms with Crippen LogP contribution in [0.25, 0.3) is 0 Å². The number of aliphatic hydroxyl groups excluding tert-OH is 1. The Bertz CT molecular complexity index is 683. The van der Waals surface area contributed by atoms with E-state index in [0.717, 1.165) is 50.5 Å². The highest BCUT2D eigenvalue weighted by atomic mass is 16.3. The second-order valence-corrected chi connectivity index (χ2v) is 6.58. The summed E-state index contributed by atoms with van der Waals surface area (Å²) in [5.74, 6) is 1.05. The number of nitrogens with one attached hydrogen (secondary N) is 1. The number of aromatic nitrogens is 1. The van der Waals surface area contributed by atoms with Crippen molar-refractivity contribution < 1.29 is 5.11 Å². The molecule has 1 aromatic carbocycles. The zero-order valence-electron chi connectivity index (χ0n) is 13.9. The number of anilines is 2. The van der Waals surface area contributed by atoms with Gasteiger partial charge in [-0.05, 0) is 35.7 Å². The van der Waals surface area contributed by atoms with Crippen LogP contribution < -0.4 is 10.2 Å². The molecular formula is C19H24N4O. The first-order valence-electron chi connectivity index (χ1n) is 8.73. The van der Waals surface area contributed by atoms with Crippen molar-refractivity contribution in [2.24, 2.45) is 0 Å². The predicted octanol–water partition coefficient (Wildman–Crippen LogP) is 1.91. The summed E-state index contributed by atoms with van der Waals surface area (Å²) in [5, 5.41) is 14.0. The van der Waals surface area contributed by atoms with Gasteiger partial charge in [0.15, 0.2) is 0 Å². The molecule has 2 aromatic rings. The number of benzene rings is 1. The van der Waals surface area contributed by atoms with E-state index in [1.165, 1.54) is 11.3 Å². The number of hydrogen-bond donors (Lipinski definition) is 2. The topological polar surface area (TPSA) is 51.6 Å². The first-order valence-corrected chi connectivity index (χ1v) is 8.73. The molecule has 24 heavy (non-hydrogen) atoms. The molecule has 0 spiro atoms. The molecule has 0 saturated carbocycles. The van der Waals surface area contributed by atoms with Crippen molar-refractivity contribution in [3.05, 3.63) is 53.7 Å². The first-order chi connectivity index (χ1) is 11.8. The minimum Gasteiger partial charge on any atom is -0.387 e. The number of nitrogens with zero attached hydrogens (tertiary/aromatic N) is 3. The van der Waals surface area contributed by atoms with E-state index in [0.29, 0.717) is 6.54 Å². The third kappa shape index (κ3) is 3.23. The zero-order valence-corrected chi connectivity index (χ0v) is 13.9. The molecule has 2 aliphatic heterocycles. The van der Waals surface area contributed by atoms with E-state index in [4.69, 9.17) is 0 Å². The number of hydrogen-bond acceptors (Lipinski definition) is 5. The highest BCUT2D eigenvalue weighted by Gasteiger charge is 2.21. The average Bonchev–Trinajstić information content (AvgIpc) is 3.11. The van der Waals surface area contributed by atoms with E-state index in [-0.39, 0.29) is 0 Å². The van der Waals surface area contributed by atoms with Crippen molar-refractivity contribution in [1.29, 1.82) is 0 Å². The van der Waals surface area contributed by atoms with Crippen molar-refractivity contribution >= 4 is 11.5 Å². The zero-order chi connectivity index (χ0) is 16.4. The summed E-state index contributed by atoms with van der Waals surface area (Å²) in [7, 11) is 0. The lowest BCUT2D eigenvalue weighted by atomic mass is 10.0. The van der Waals surface area contributed by atoms with Crippen LogP contribution in [0.15, 0.2) is 42.6 Å². The Labute approximate surface area is 142 Å². The van der Waals surface area contributed by atoms with Gasteiger partial charge in [0.2, 0.25) is 0 Å². The standard InChI is InChI=1S/C19H24N4O/c24-18(16-4-5-17-15(13-16)6-8-20-17)14-22-9-11-23(12-10-22)19-3-1-2-7-21-19/h1-5,7,13,18,20,24H,6,8-12,14H2/t18-/m0/s1. The van der Waals surface area contributed by atoms with Crippen LogP contribution in [0.3, 0.4) is 0 Å². The van der Waals surface area contributed by atoms with Crippen LogP contribution in [0.4, 0.5) is 11.5 Å². The Balaban J connectivity index is 1.33. The number of piperazine rings is 1. The third-order valence-corrected chi connectivity index (χ3v) is 5.00. The van der Waals surface area contributed by atoms with E-state index in [1.807, 2.05) is 24.4 Å². The molecule has 1 atom stereocenters. The van der Waals surface area contributed by atoms with Crippen LogP contribution in [-0.2, 0) is 6.42 Å². The Hall–Kier alpha value is -2.11. The first kappa shape index (κ1) is 15.4. The van der Waals surface area contributed by atoms with Gasteiger partial charge in [-0.1, -0.05) is 18.2 Å². The van der Waals surface area contributed by atoms with Gasteiger partial charge in [0.1, 0.15) is 5.82 Å². The van der Waals surface area contributed by atoms with Gasteiger partial charge in [-0.15, -0.1) is 0 Å². The third-order valence-electron chi connectivity index (χ3n) is 5.00. The highest BCUT2D eigenvalue weighted by Crippen LogP contribution is 2.26. The largest absolute Gasteiger partial charge is 0.387 e. The van der Waals surface area contributed by atoms with Crippen molar-refractivity contribution in [1.82, 2.24) is 9.88 Å². The summed E-state index contributed by atoms with van der Waals surface area (Å²) in [5.41, 5.74) is 3.58. The molecule has 0 aliphatic carbocycles. The normalized spacial score (nSPS) is 19.0. The van der Waals surface area contributed by atoms with Crippen LogP contribution >= 0.6 is 0 Å². The van der Waals surface area contributed by atoms with Crippen LogP contribution in [0, 0.1) is 0 Å². The predicted molar refractivity (Wildman–Crippen MR) is 96.5 cm³/mol. The van der Waals surface area contributed by atoms with Crippen molar-refractivity contribution in [2.45, 2.75) is 12.5 Å². The summed E-state index contributed by atoms with van der Waals surface area (Å²) >= 11 is 0. The van der Waals surface area contributed by atoms with Gasteiger partial charge in [-0.2, -0.15) is 0 Å². The fourth-order valence-corrected chi connectivity index (χ4v) is 3.58. The van der Waals surface area contributed by atoms with E-state index in [1.54, 1.807) is 0 Å². The van der Waals surface area contributed by atoms with Crippen LogP contribution in [0.1, 0.15) is 17.2 Å². The number of aliphatic hydroxyl groups is 1. The fraction of sp³-hybridized carbons (Fsp3) is 0.421. The summed E-state index contributed by atoms with van der Waals surface area (Å²) in [6.07, 6.45) is 2.48. The summed E-state index contributed by atoms with van der Waals surface area (Å²) in [4.78, 5) is 9.07. The molecule has 4 rings (SSSR count). The molecule has 126 valence electrons. The van der Waals surface area contributed by atoms with Crippen molar-refractivity contribution in [2.75, 3.05) is 49.5 Å². The lowest BCUT2D eigenvalue weighted by molar-refractivity contribution is 0.109. The lowest BCUT2D eigenvalue weighted by Crippen LogP contribution is -2.47. The minimum atomic E-state index is -0.419. The summed E-state index contributed by atoms with van der Waals surface area (Å²) in [6, 6.07) is 12.3. The van der Waals surface area contributed by atoms with Gasteiger partial charge < -0.3 is 15.3 Å². The number of fused-ring (bicyclic) bond motifs is 1. The van der Waals surface area contributed by atoms with Crippen LogP contribution in [0.2, 0.25) is 0 Å². The molecular weight excluding hydrogens is 300 g/mol. The molecule has 1 fully saturated rings. The summed E-state index contributed by atoms with van der Waals surface area (Å²) in [6.45, 7) is 5.53. The molecule has 5 nitrogen and oxygen atoms in total. The maximum atomic E-state index is 10.6. The molecule has 0 unspecified atom stereocenters. The molecule has 2 N–H and O–H groups in total.